The standard InChI is InChI=1S/C15H18ClN3O.Ca.2H/c1-15(2,3)14(20)13(19-10-17-9-18-19)8-11-4-6-12(16)7-5-11;;;/h4-10,14,20H,1-3H3;;;/q;+2;2*-1/b13-8+;;;. The monoisotopic (exact) mass is 333 g/mol. The Morgan fingerprint density at radius 3 is 2.43 bits per heavy atom. The molecule has 1 atom stereocenters. The van der Waals surface area contributed by atoms with Gasteiger partial charge in [0.25, 0.3) is 0 Å². The molecule has 2 rings (SSSR count). The molecule has 110 valence electrons. The zero-order valence-electron chi connectivity index (χ0n) is 14.5. The van der Waals surface area contributed by atoms with Gasteiger partial charge in [0.05, 0.1) is 5.70 Å². The molecular weight excluding hydrogens is 314 g/mol. The van der Waals surface area contributed by atoms with Gasteiger partial charge in [-0.3, -0.25) is 0 Å². The van der Waals surface area contributed by atoms with Crippen molar-refractivity contribution >= 4 is 61.1 Å². The normalized spacial score (nSPS) is 13.7. The largest absolute Gasteiger partial charge is 2.00 e. The van der Waals surface area contributed by atoms with Crippen LogP contribution in [0.15, 0.2) is 36.9 Å². The molecule has 1 N–H and O–H groups in total. The summed E-state index contributed by atoms with van der Waals surface area (Å²) in [7, 11) is 0. The Hall–Kier alpha value is -0.390. The third kappa shape index (κ3) is 5.08. The van der Waals surface area contributed by atoms with Crippen molar-refractivity contribution in [2.75, 3.05) is 0 Å². The van der Waals surface area contributed by atoms with Gasteiger partial charge >= 0.3 is 37.7 Å². The van der Waals surface area contributed by atoms with Crippen molar-refractivity contribution in [3.63, 3.8) is 0 Å². The van der Waals surface area contributed by atoms with E-state index in [0.717, 1.165) is 5.56 Å². The molecular formula is C15H20CaClN3O. The summed E-state index contributed by atoms with van der Waals surface area (Å²) in [6, 6.07) is 7.43. The summed E-state index contributed by atoms with van der Waals surface area (Å²) in [5.41, 5.74) is 1.32. The minimum atomic E-state index is -0.667. The molecule has 0 aliphatic rings. The van der Waals surface area contributed by atoms with Crippen LogP contribution >= 0.6 is 11.6 Å². The SMILES string of the molecule is CC(C)(C)C(O)/C(=C\c1ccc(Cl)cc1)n1cncn1.[Ca+2].[H-].[H-]. The average Bonchev–Trinajstić information content (AvgIpc) is 2.90. The first-order valence-electron chi connectivity index (χ1n) is 6.38. The first kappa shape index (κ1) is 18.7. The molecule has 1 aromatic carbocycles. The summed E-state index contributed by atoms with van der Waals surface area (Å²) in [4.78, 5) is 3.94. The Balaban J connectivity index is 0. The van der Waals surface area contributed by atoms with E-state index in [1.165, 1.54) is 6.33 Å². The molecule has 0 aliphatic heterocycles. The smallest absolute Gasteiger partial charge is 1.00 e. The van der Waals surface area contributed by atoms with Crippen LogP contribution in [0.2, 0.25) is 5.02 Å². The van der Waals surface area contributed by atoms with Crippen molar-refractivity contribution in [3.05, 3.63) is 47.5 Å². The van der Waals surface area contributed by atoms with E-state index in [0.29, 0.717) is 10.7 Å². The number of aliphatic hydroxyl groups is 1. The Bertz CT molecular complexity index is 598. The van der Waals surface area contributed by atoms with Gasteiger partial charge in [0.1, 0.15) is 18.8 Å². The molecule has 4 nitrogen and oxygen atoms in total. The van der Waals surface area contributed by atoms with E-state index in [4.69, 9.17) is 11.6 Å². The van der Waals surface area contributed by atoms with Crippen LogP contribution in [0.4, 0.5) is 0 Å². The van der Waals surface area contributed by atoms with E-state index in [1.807, 2.05) is 51.1 Å². The summed E-state index contributed by atoms with van der Waals surface area (Å²) < 4.78 is 1.59. The second kappa shape index (κ2) is 7.75. The van der Waals surface area contributed by atoms with Crippen molar-refractivity contribution in [1.82, 2.24) is 14.8 Å². The maximum Gasteiger partial charge on any atom is 2.00 e. The second-order valence-corrected chi connectivity index (χ2v) is 6.17. The zero-order valence-corrected chi connectivity index (χ0v) is 15.5. The number of aliphatic hydroxyl groups excluding tert-OH is 1. The first-order chi connectivity index (χ1) is 9.38. The third-order valence-electron chi connectivity index (χ3n) is 2.97. The zero-order chi connectivity index (χ0) is 14.8. The molecule has 0 bridgehead atoms. The van der Waals surface area contributed by atoms with E-state index in [2.05, 4.69) is 10.1 Å². The molecule has 0 saturated carbocycles. The summed E-state index contributed by atoms with van der Waals surface area (Å²) >= 11 is 5.89. The van der Waals surface area contributed by atoms with E-state index in [9.17, 15) is 5.11 Å². The number of hydrogen-bond acceptors (Lipinski definition) is 3. The maximum absolute atomic E-state index is 10.6. The topological polar surface area (TPSA) is 50.9 Å². The van der Waals surface area contributed by atoms with Crippen molar-refractivity contribution in [2.45, 2.75) is 26.9 Å². The van der Waals surface area contributed by atoms with Gasteiger partial charge in [-0.05, 0) is 29.2 Å². The van der Waals surface area contributed by atoms with E-state index in [1.54, 1.807) is 11.0 Å². The number of nitrogens with zero attached hydrogens (tertiary/aromatic N) is 3. The number of halogens is 1. The molecule has 6 heteroatoms. The first-order valence-corrected chi connectivity index (χ1v) is 6.76. The Morgan fingerprint density at radius 2 is 1.95 bits per heavy atom. The van der Waals surface area contributed by atoms with Crippen LogP contribution in [-0.2, 0) is 0 Å². The van der Waals surface area contributed by atoms with Crippen LogP contribution in [0.25, 0.3) is 11.8 Å². The maximum atomic E-state index is 10.6. The van der Waals surface area contributed by atoms with Gasteiger partial charge in [-0.15, -0.1) is 0 Å². The minimum Gasteiger partial charge on any atom is -1.00 e. The van der Waals surface area contributed by atoms with Gasteiger partial charge in [-0.25, -0.2) is 9.67 Å². The molecule has 0 radical (unpaired) electrons. The summed E-state index contributed by atoms with van der Waals surface area (Å²) in [6.07, 6.45) is 4.25. The van der Waals surface area contributed by atoms with Gasteiger partial charge < -0.3 is 7.96 Å². The Labute approximate surface area is 162 Å². The van der Waals surface area contributed by atoms with Crippen LogP contribution in [0.1, 0.15) is 29.2 Å². The second-order valence-electron chi connectivity index (χ2n) is 5.73. The Kier molecular flexibility index (Phi) is 6.88. The quantitative estimate of drug-likeness (QED) is 0.878. The summed E-state index contributed by atoms with van der Waals surface area (Å²) in [5.74, 6) is 0. The van der Waals surface area contributed by atoms with Gasteiger partial charge in [0, 0.05) is 5.02 Å². The van der Waals surface area contributed by atoms with Gasteiger partial charge in [-0.2, -0.15) is 5.10 Å². The minimum absolute atomic E-state index is 0. The number of hydrogen-bond donors (Lipinski definition) is 1. The molecule has 1 heterocycles. The predicted molar refractivity (Wildman–Crippen MR) is 89.1 cm³/mol. The van der Waals surface area contributed by atoms with Crippen LogP contribution in [0.5, 0.6) is 0 Å². The van der Waals surface area contributed by atoms with Crippen LogP contribution < -0.4 is 0 Å². The molecule has 0 fully saturated rings. The van der Waals surface area contributed by atoms with E-state index < -0.39 is 6.10 Å². The van der Waals surface area contributed by atoms with E-state index in [-0.39, 0.29) is 46.0 Å². The van der Waals surface area contributed by atoms with Crippen molar-refractivity contribution in [1.29, 1.82) is 0 Å². The average molecular weight is 334 g/mol. The fourth-order valence-electron chi connectivity index (χ4n) is 1.79. The van der Waals surface area contributed by atoms with Gasteiger partial charge in [0.15, 0.2) is 0 Å². The molecule has 0 spiro atoms. The number of rotatable bonds is 3. The van der Waals surface area contributed by atoms with Crippen molar-refractivity contribution < 1.29 is 7.96 Å². The molecule has 1 aromatic heterocycles. The third-order valence-corrected chi connectivity index (χ3v) is 3.22. The van der Waals surface area contributed by atoms with E-state index >= 15 is 0 Å². The number of benzene rings is 1. The summed E-state index contributed by atoms with van der Waals surface area (Å²) in [6.45, 7) is 5.93. The van der Waals surface area contributed by atoms with Crippen molar-refractivity contribution in [3.8, 4) is 0 Å². The van der Waals surface area contributed by atoms with Crippen LogP contribution in [0, 0.1) is 5.41 Å². The van der Waals surface area contributed by atoms with Gasteiger partial charge in [0.2, 0.25) is 0 Å². The van der Waals surface area contributed by atoms with Crippen LogP contribution in [0.3, 0.4) is 0 Å². The molecule has 0 aliphatic carbocycles. The fraction of sp³-hybridized carbons (Fsp3) is 0.333. The van der Waals surface area contributed by atoms with Crippen LogP contribution in [-0.4, -0.2) is 63.7 Å². The molecule has 0 amide bonds. The summed E-state index contributed by atoms with van der Waals surface area (Å²) in [5, 5.41) is 15.3. The Morgan fingerprint density at radius 1 is 1.33 bits per heavy atom. The van der Waals surface area contributed by atoms with Gasteiger partial charge in [-0.1, -0.05) is 44.5 Å². The number of aromatic nitrogens is 3. The molecule has 0 saturated heterocycles. The predicted octanol–water partition coefficient (Wildman–Crippen LogP) is 3.18. The molecule has 2 aromatic rings. The van der Waals surface area contributed by atoms with Crippen molar-refractivity contribution in [2.24, 2.45) is 5.41 Å². The fourth-order valence-corrected chi connectivity index (χ4v) is 1.91. The molecule has 1 unspecified atom stereocenters. The molecule has 21 heavy (non-hydrogen) atoms.